The molecule has 1 aromatic carbocycles. The highest BCUT2D eigenvalue weighted by Crippen LogP contribution is 2.27. The first kappa shape index (κ1) is 13.9. The van der Waals surface area contributed by atoms with Crippen molar-refractivity contribution in [3.05, 3.63) is 57.8 Å². The van der Waals surface area contributed by atoms with Gasteiger partial charge in [-0.3, -0.25) is 4.98 Å². The lowest BCUT2D eigenvalue weighted by Gasteiger charge is -2.34. The molecule has 1 fully saturated rings. The molecule has 1 aliphatic heterocycles. The maximum Gasteiger partial charge on any atom is 0.100 e. The van der Waals surface area contributed by atoms with Gasteiger partial charge in [-0.25, -0.2) is 0 Å². The van der Waals surface area contributed by atoms with Gasteiger partial charge in [-0.2, -0.15) is 0 Å². The van der Waals surface area contributed by atoms with E-state index in [1.165, 1.54) is 0 Å². The van der Waals surface area contributed by atoms with Crippen molar-refractivity contribution in [3.63, 3.8) is 0 Å². The molecule has 1 aliphatic rings. The van der Waals surface area contributed by atoms with Crippen molar-refractivity contribution in [1.82, 2.24) is 4.98 Å². The summed E-state index contributed by atoms with van der Waals surface area (Å²) < 4.78 is 6.86. The Labute approximate surface area is 131 Å². The van der Waals surface area contributed by atoms with Crippen LogP contribution in [0.4, 0.5) is 5.69 Å². The van der Waals surface area contributed by atoms with Gasteiger partial charge in [0.1, 0.15) is 6.10 Å². The van der Waals surface area contributed by atoms with Crippen LogP contribution >= 0.6 is 27.5 Å². The first-order valence-electron chi connectivity index (χ1n) is 6.45. The van der Waals surface area contributed by atoms with E-state index in [0.29, 0.717) is 6.61 Å². The van der Waals surface area contributed by atoms with Crippen LogP contribution in [0.3, 0.4) is 0 Å². The molecule has 1 atom stereocenters. The lowest BCUT2D eigenvalue weighted by molar-refractivity contribution is 0.0398. The summed E-state index contributed by atoms with van der Waals surface area (Å²) in [6.45, 7) is 2.40. The molecule has 1 aromatic heterocycles. The molecule has 0 aliphatic carbocycles. The van der Waals surface area contributed by atoms with Crippen molar-refractivity contribution >= 4 is 33.2 Å². The number of morpholine rings is 1. The number of ether oxygens (including phenoxy) is 1. The maximum absolute atomic E-state index is 5.93. The fourth-order valence-corrected chi connectivity index (χ4v) is 2.82. The van der Waals surface area contributed by atoms with Gasteiger partial charge >= 0.3 is 0 Å². The minimum absolute atomic E-state index is 0.0694. The van der Waals surface area contributed by atoms with E-state index in [2.05, 4.69) is 31.9 Å². The number of hydrogen-bond donors (Lipinski definition) is 0. The zero-order valence-electron chi connectivity index (χ0n) is 10.8. The van der Waals surface area contributed by atoms with Crippen LogP contribution in [0.5, 0.6) is 0 Å². The summed E-state index contributed by atoms with van der Waals surface area (Å²) in [5.74, 6) is 0. The predicted molar refractivity (Wildman–Crippen MR) is 84.3 cm³/mol. The molecule has 0 radical (unpaired) electrons. The summed E-state index contributed by atoms with van der Waals surface area (Å²) in [4.78, 5) is 6.51. The van der Waals surface area contributed by atoms with E-state index in [9.17, 15) is 0 Å². The van der Waals surface area contributed by atoms with E-state index in [0.717, 1.165) is 33.8 Å². The van der Waals surface area contributed by atoms with Gasteiger partial charge in [0, 0.05) is 28.8 Å². The molecular weight excluding hydrogens is 340 g/mol. The highest BCUT2D eigenvalue weighted by Gasteiger charge is 2.22. The zero-order chi connectivity index (χ0) is 13.9. The SMILES string of the molecule is Clc1ccc(C2CN(c3cncc(Br)c3)CCO2)cc1. The molecule has 3 nitrogen and oxygen atoms in total. The molecular formula is C15H14BrClN2O. The molecule has 20 heavy (non-hydrogen) atoms. The van der Waals surface area contributed by atoms with Gasteiger partial charge < -0.3 is 9.64 Å². The number of rotatable bonds is 2. The summed E-state index contributed by atoms with van der Waals surface area (Å²) in [6.07, 6.45) is 3.75. The number of nitrogens with zero attached hydrogens (tertiary/aromatic N) is 2. The van der Waals surface area contributed by atoms with Crippen LogP contribution < -0.4 is 4.90 Å². The van der Waals surface area contributed by atoms with Gasteiger partial charge in [0.25, 0.3) is 0 Å². The summed E-state index contributed by atoms with van der Waals surface area (Å²) in [5.41, 5.74) is 2.27. The number of hydrogen-bond acceptors (Lipinski definition) is 3. The lowest BCUT2D eigenvalue weighted by Crippen LogP contribution is -2.38. The maximum atomic E-state index is 5.93. The third-order valence-electron chi connectivity index (χ3n) is 3.36. The molecule has 1 saturated heterocycles. The lowest BCUT2D eigenvalue weighted by atomic mass is 10.1. The van der Waals surface area contributed by atoms with Crippen molar-refractivity contribution < 1.29 is 4.74 Å². The summed E-state index contributed by atoms with van der Waals surface area (Å²) in [7, 11) is 0. The Morgan fingerprint density at radius 1 is 1.25 bits per heavy atom. The van der Waals surface area contributed by atoms with Gasteiger partial charge in [0.2, 0.25) is 0 Å². The molecule has 2 aromatic rings. The molecule has 0 spiro atoms. The van der Waals surface area contributed by atoms with E-state index in [1.807, 2.05) is 30.5 Å². The fourth-order valence-electron chi connectivity index (χ4n) is 2.34. The minimum atomic E-state index is 0.0694. The number of benzene rings is 1. The van der Waals surface area contributed by atoms with Gasteiger partial charge in [-0.05, 0) is 39.7 Å². The highest BCUT2D eigenvalue weighted by atomic mass is 79.9. The van der Waals surface area contributed by atoms with Crippen molar-refractivity contribution in [1.29, 1.82) is 0 Å². The summed E-state index contributed by atoms with van der Waals surface area (Å²) in [5, 5.41) is 0.748. The number of aromatic nitrogens is 1. The van der Waals surface area contributed by atoms with Gasteiger partial charge in [-0.1, -0.05) is 23.7 Å². The van der Waals surface area contributed by atoms with E-state index < -0.39 is 0 Å². The Bertz CT molecular complexity index is 591. The second kappa shape index (κ2) is 6.12. The van der Waals surface area contributed by atoms with Crippen LogP contribution in [-0.2, 0) is 4.74 Å². The Morgan fingerprint density at radius 2 is 2.05 bits per heavy atom. The Hall–Kier alpha value is -1.10. The Balaban J connectivity index is 1.78. The fraction of sp³-hybridized carbons (Fsp3) is 0.267. The predicted octanol–water partition coefficient (Wildman–Crippen LogP) is 4.08. The smallest absolute Gasteiger partial charge is 0.100 e. The summed E-state index contributed by atoms with van der Waals surface area (Å²) in [6, 6.07) is 9.93. The van der Waals surface area contributed by atoms with Crippen molar-refractivity contribution in [2.75, 3.05) is 24.6 Å². The molecule has 2 heterocycles. The molecule has 1 unspecified atom stereocenters. The molecule has 104 valence electrons. The van der Waals surface area contributed by atoms with Crippen LogP contribution in [0.2, 0.25) is 5.02 Å². The summed E-state index contributed by atoms with van der Waals surface area (Å²) >= 11 is 9.39. The normalized spacial score (nSPS) is 19.1. The van der Waals surface area contributed by atoms with E-state index in [-0.39, 0.29) is 6.10 Å². The van der Waals surface area contributed by atoms with Crippen LogP contribution in [-0.4, -0.2) is 24.7 Å². The van der Waals surface area contributed by atoms with E-state index in [4.69, 9.17) is 16.3 Å². The second-order valence-electron chi connectivity index (χ2n) is 4.72. The van der Waals surface area contributed by atoms with Crippen LogP contribution in [0, 0.1) is 0 Å². The van der Waals surface area contributed by atoms with Gasteiger partial charge in [0.05, 0.1) is 18.5 Å². The van der Waals surface area contributed by atoms with Crippen LogP contribution in [0.15, 0.2) is 47.2 Å². The molecule has 0 amide bonds. The van der Waals surface area contributed by atoms with Crippen LogP contribution in [0.25, 0.3) is 0 Å². The first-order valence-corrected chi connectivity index (χ1v) is 7.62. The topological polar surface area (TPSA) is 25.4 Å². The van der Waals surface area contributed by atoms with E-state index >= 15 is 0 Å². The Morgan fingerprint density at radius 3 is 2.80 bits per heavy atom. The second-order valence-corrected chi connectivity index (χ2v) is 6.07. The average Bonchev–Trinajstić information content (AvgIpc) is 2.48. The monoisotopic (exact) mass is 352 g/mol. The number of halogens is 2. The largest absolute Gasteiger partial charge is 0.370 e. The molecule has 3 rings (SSSR count). The molecule has 0 bridgehead atoms. The van der Waals surface area contributed by atoms with Crippen molar-refractivity contribution in [2.45, 2.75) is 6.10 Å². The third kappa shape index (κ3) is 3.14. The first-order chi connectivity index (χ1) is 9.72. The molecule has 0 N–H and O–H groups in total. The standard InChI is InChI=1S/C15H14BrClN2O/c16-12-7-14(9-18-8-12)19-5-6-20-15(10-19)11-1-3-13(17)4-2-11/h1-4,7-9,15H,5-6,10H2. The van der Waals surface area contributed by atoms with Gasteiger partial charge in [-0.15, -0.1) is 0 Å². The highest BCUT2D eigenvalue weighted by molar-refractivity contribution is 9.10. The average molecular weight is 354 g/mol. The molecule has 5 heteroatoms. The number of pyridine rings is 1. The molecule has 0 saturated carbocycles. The number of anilines is 1. The van der Waals surface area contributed by atoms with Gasteiger partial charge in [0.15, 0.2) is 0 Å². The van der Waals surface area contributed by atoms with Crippen molar-refractivity contribution in [2.24, 2.45) is 0 Å². The minimum Gasteiger partial charge on any atom is -0.370 e. The zero-order valence-corrected chi connectivity index (χ0v) is 13.1. The van der Waals surface area contributed by atoms with E-state index in [1.54, 1.807) is 6.20 Å². The van der Waals surface area contributed by atoms with Crippen molar-refractivity contribution in [3.8, 4) is 0 Å². The van der Waals surface area contributed by atoms with Crippen LogP contribution in [0.1, 0.15) is 11.7 Å². The quantitative estimate of drug-likeness (QED) is 0.813. The Kier molecular flexibility index (Phi) is 4.24. The third-order valence-corrected chi connectivity index (χ3v) is 4.05.